The Bertz CT molecular complexity index is 1390. The lowest BCUT2D eigenvalue weighted by Crippen LogP contribution is -2.47. The van der Waals surface area contributed by atoms with E-state index in [0.717, 1.165) is 32.8 Å². The molecule has 1 atom stereocenters. The SMILES string of the molecule is COc1ccc2ccccc2c1/C=N\NC(=O)[C@@H](Cc1c[nH]c2ccccc12)NC(=O)OCC(C)C. The number of amides is 2. The van der Waals surface area contributed by atoms with Crippen LogP contribution in [0.5, 0.6) is 5.75 Å². The monoisotopic (exact) mass is 486 g/mol. The summed E-state index contributed by atoms with van der Waals surface area (Å²) in [5.74, 6) is 0.353. The summed E-state index contributed by atoms with van der Waals surface area (Å²) in [4.78, 5) is 28.8. The molecular formula is C28H30N4O4. The molecule has 0 unspecified atom stereocenters. The van der Waals surface area contributed by atoms with Gasteiger partial charge in [0.25, 0.3) is 5.91 Å². The predicted molar refractivity (Wildman–Crippen MR) is 141 cm³/mol. The number of rotatable bonds is 9. The highest BCUT2D eigenvalue weighted by molar-refractivity contribution is 6.02. The molecule has 0 saturated carbocycles. The standard InChI is InChI=1S/C28H30N4O4/c1-18(2)17-36-28(34)31-25(14-20-15-29-24-11-7-6-10-22(20)24)27(33)32-30-16-23-21-9-5-4-8-19(21)12-13-26(23)35-3/h4-13,15-16,18,25,29H,14,17H2,1-3H3,(H,31,34)(H,32,33)/b30-16-/t25-/m1/s1. The van der Waals surface area contributed by atoms with Crippen LogP contribution in [0.15, 0.2) is 72.0 Å². The molecule has 0 aliphatic heterocycles. The van der Waals surface area contributed by atoms with Gasteiger partial charge in [0.05, 0.1) is 19.9 Å². The number of carbonyl (C=O) groups excluding carboxylic acids is 2. The first-order valence-electron chi connectivity index (χ1n) is 11.8. The van der Waals surface area contributed by atoms with Gasteiger partial charge in [-0.15, -0.1) is 0 Å². The molecule has 0 aliphatic rings. The number of alkyl carbamates (subject to hydrolysis) is 1. The first kappa shape index (κ1) is 24.8. The summed E-state index contributed by atoms with van der Waals surface area (Å²) in [7, 11) is 1.59. The quantitative estimate of drug-likeness (QED) is 0.234. The molecule has 1 heterocycles. The summed E-state index contributed by atoms with van der Waals surface area (Å²) in [6.45, 7) is 4.14. The maximum absolute atomic E-state index is 13.2. The van der Waals surface area contributed by atoms with Crippen molar-refractivity contribution in [3.63, 3.8) is 0 Å². The zero-order valence-corrected chi connectivity index (χ0v) is 20.6. The van der Waals surface area contributed by atoms with Crippen molar-refractivity contribution < 1.29 is 19.1 Å². The second-order valence-electron chi connectivity index (χ2n) is 8.89. The van der Waals surface area contributed by atoms with E-state index >= 15 is 0 Å². The number of aromatic nitrogens is 1. The third-order valence-corrected chi connectivity index (χ3v) is 5.77. The maximum Gasteiger partial charge on any atom is 0.407 e. The molecule has 8 heteroatoms. The van der Waals surface area contributed by atoms with Crippen molar-refractivity contribution in [2.45, 2.75) is 26.3 Å². The molecule has 0 bridgehead atoms. The lowest BCUT2D eigenvalue weighted by molar-refractivity contribution is -0.123. The molecule has 0 aliphatic carbocycles. The Morgan fingerprint density at radius 2 is 1.78 bits per heavy atom. The van der Waals surface area contributed by atoms with Crippen LogP contribution in [-0.2, 0) is 16.0 Å². The van der Waals surface area contributed by atoms with Crippen molar-refractivity contribution in [1.29, 1.82) is 0 Å². The minimum atomic E-state index is -0.893. The van der Waals surface area contributed by atoms with E-state index in [1.165, 1.54) is 0 Å². The number of methoxy groups -OCH3 is 1. The second-order valence-corrected chi connectivity index (χ2v) is 8.89. The molecule has 36 heavy (non-hydrogen) atoms. The van der Waals surface area contributed by atoms with E-state index in [1.807, 2.05) is 80.7 Å². The number of H-pyrrole nitrogens is 1. The molecule has 1 aromatic heterocycles. The number of nitrogens with one attached hydrogen (secondary N) is 3. The van der Waals surface area contributed by atoms with Crippen LogP contribution in [-0.4, -0.2) is 43.0 Å². The highest BCUT2D eigenvalue weighted by Crippen LogP contribution is 2.26. The number of hydrazone groups is 1. The lowest BCUT2D eigenvalue weighted by atomic mass is 10.0. The van der Waals surface area contributed by atoms with E-state index in [4.69, 9.17) is 9.47 Å². The van der Waals surface area contributed by atoms with E-state index in [9.17, 15) is 9.59 Å². The van der Waals surface area contributed by atoms with Crippen LogP contribution in [0.1, 0.15) is 25.0 Å². The van der Waals surface area contributed by atoms with Crippen LogP contribution >= 0.6 is 0 Å². The zero-order chi connectivity index (χ0) is 25.5. The molecule has 2 amide bonds. The van der Waals surface area contributed by atoms with E-state index in [2.05, 4.69) is 20.8 Å². The largest absolute Gasteiger partial charge is 0.496 e. The fourth-order valence-corrected chi connectivity index (χ4v) is 3.98. The number of fused-ring (bicyclic) bond motifs is 2. The van der Waals surface area contributed by atoms with Gasteiger partial charge in [-0.05, 0) is 34.4 Å². The van der Waals surface area contributed by atoms with Crippen LogP contribution in [0.2, 0.25) is 0 Å². The molecule has 4 rings (SSSR count). The van der Waals surface area contributed by atoms with Crippen molar-refractivity contribution in [3.05, 3.63) is 78.0 Å². The van der Waals surface area contributed by atoms with Crippen LogP contribution in [0.3, 0.4) is 0 Å². The van der Waals surface area contributed by atoms with Crippen LogP contribution in [0, 0.1) is 5.92 Å². The van der Waals surface area contributed by atoms with Crippen LogP contribution in [0.4, 0.5) is 4.79 Å². The minimum absolute atomic E-state index is 0.178. The average molecular weight is 487 g/mol. The minimum Gasteiger partial charge on any atom is -0.496 e. The van der Waals surface area contributed by atoms with Gasteiger partial charge in [0.1, 0.15) is 11.8 Å². The van der Waals surface area contributed by atoms with E-state index in [-0.39, 0.29) is 18.9 Å². The summed E-state index contributed by atoms with van der Waals surface area (Å²) >= 11 is 0. The molecular weight excluding hydrogens is 456 g/mol. The number of carbonyl (C=O) groups is 2. The summed E-state index contributed by atoms with van der Waals surface area (Å²) in [5.41, 5.74) is 5.17. The van der Waals surface area contributed by atoms with Gasteiger partial charge in [-0.25, -0.2) is 10.2 Å². The Morgan fingerprint density at radius 1 is 1.03 bits per heavy atom. The number of ether oxygens (including phenoxy) is 2. The van der Waals surface area contributed by atoms with Crippen LogP contribution in [0.25, 0.3) is 21.7 Å². The third-order valence-electron chi connectivity index (χ3n) is 5.77. The number of nitrogens with zero attached hydrogens (tertiary/aromatic N) is 1. The summed E-state index contributed by atoms with van der Waals surface area (Å²) < 4.78 is 10.7. The Balaban J connectivity index is 1.54. The van der Waals surface area contributed by atoms with Gasteiger partial charge >= 0.3 is 6.09 Å². The maximum atomic E-state index is 13.2. The number of para-hydroxylation sites is 1. The van der Waals surface area contributed by atoms with E-state index in [0.29, 0.717) is 5.75 Å². The van der Waals surface area contributed by atoms with E-state index < -0.39 is 18.0 Å². The first-order valence-corrected chi connectivity index (χ1v) is 11.8. The van der Waals surface area contributed by atoms with Crippen molar-refractivity contribution in [3.8, 4) is 5.75 Å². The summed E-state index contributed by atoms with van der Waals surface area (Å²) in [6.07, 6.45) is 3.01. The third kappa shape index (κ3) is 5.83. The van der Waals surface area contributed by atoms with Crippen LogP contribution < -0.4 is 15.5 Å². The molecule has 0 fully saturated rings. The normalized spacial score (nSPS) is 12.2. The van der Waals surface area contributed by atoms with Gasteiger partial charge in [0, 0.05) is 29.1 Å². The van der Waals surface area contributed by atoms with Crippen molar-refractivity contribution in [2.75, 3.05) is 13.7 Å². The Hall–Kier alpha value is -4.33. The highest BCUT2D eigenvalue weighted by atomic mass is 16.5. The van der Waals surface area contributed by atoms with Crippen molar-refractivity contribution in [1.82, 2.24) is 15.7 Å². The lowest BCUT2D eigenvalue weighted by Gasteiger charge is -2.17. The summed E-state index contributed by atoms with van der Waals surface area (Å²) in [6, 6.07) is 18.6. The Kier molecular flexibility index (Phi) is 7.85. The molecule has 4 aromatic rings. The van der Waals surface area contributed by atoms with Gasteiger partial charge in [0.15, 0.2) is 0 Å². The molecule has 0 radical (unpaired) electrons. The van der Waals surface area contributed by atoms with Crippen molar-refractivity contribution >= 4 is 39.9 Å². The fourth-order valence-electron chi connectivity index (χ4n) is 3.98. The predicted octanol–water partition coefficient (Wildman–Crippen LogP) is 4.77. The molecule has 3 N–H and O–H groups in total. The number of benzene rings is 3. The number of aromatic amines is 1. The highest BCUT2D eigenvalue weighted by Gasteiger charge is 2.23. The fraction of sp³-hybridized carbons (Fsp3) is 0.250. The Morgan fingerprint density at radius 3 is 2.56 bits per heavy atom. The van der Waals surface area contributed by atoms with Gasteiger partial charge in [0.2, 0.25) is 0 Å². The van der Waals surface area contributed by atoms with Gasteiger partial charge in [-0.3, -0.25) is 4.79 Å². The zero-order valence-electron chi connectivity index (χ0n) is 20.6. The summed E-state index contributed by atoms with van der Waals surface area (Å²) in [5, 5.41) is 9.83. The smallest absolute Gasteiger partial charge is 0.407 e. The first-order chi connectivity index (χ1) is 17.5. The molecule has 186 valence electrons. The number of hydrogen-bond acceptors (Lipinski definition) is 5. The Labute approximate surface area is 209 Å². The van der Waals surface area contributed by atoms with Crippen molar-refractivity contribution in [2.24, 2.45) is 11.0 Å². The van der Waals surface area contributed by atoms with Gasteiger partial charge < -0.3 is 19.8 Å². The van der Waals surface area contributed by atoms with Gasteiger partial charge in [-0.2, -0.15) is 5.10 Å². The molecule has 0 spiro atoms. The van der Waals surface area contributed by atoms with E-state index in [1.54, 1.807) is 13.3 Å². The molecule has 3 aromatic carbocycles. The molecule has 8 nitrogen and oxygen atoms in total. The van der Waals surface area contributed by atoms with Gasteiger partial charge in [-0.1, -0.05) is 62.4 Å². The second kappa shape index (κ2) is 11.4. The average Bonchev–Trinajstić information content (AvgIpc) is 3.29. The number of hydrogen-bond donors (Lipinski definition) is 3. The topological polar surface area (TPSA) is 105 Å². The molecule has 0 saturated heterocycles.